The number of alkyl carbamates (subject to hydrolysis) is 1. The van der Waals surface area contributed by atoms with E-state index in [4.69, 9.17) is 14.2 Å². The zero-order valence-electron chi connectivity index (χ0n) is 33.1. The van der Waals surface area contributed by atoms with E-state index >= 15 is 0 Å². The monoisotopic (exact) mass is 668 g/mol. The number of carbonyl (C=O) groups is 1. The fourth-order valence-electron chi connectivity index (χ4n) is 6.10. The Morgan fingerprint density at radius 2 is 0.872 bits per heavy atom. The van der Waals surface area contributed by atoms with Crippen LogP contribution in [0.4, 0.5) is 4.79 Å². The molecule has 0 aromatic carbocycles. The summed E-state index contributed by atoms with van der Waals surface area (Å²) in [7, 11) is 0. The Bertz CT molecular complexity index is 660. The van der Waals surface area contributed by atoms with Gasteiger partial charge in [0.1, 0.15) is 6.10 Å². The summed E-state index contributed by atoms with van der Waals surface area (Å²) in [4.78, 5) is 12.7. The van der Waals surface area contributed by atoms with Gasteiger partial charge in [-0.1, -0.05) is 162 Å². The first-order valence-corrected chi connectivity index (χ1v) is 20.8. The second-order valence-electron chi connectivity index (χ2n) is 16.0. The maximum Gasteiger partial charge on any atom is 0.407 e. The van der Waals surface area contributed by atoms with Crippen molar-refractivity contribution >= 4 is 6.09 Å². The smallest absolute Gasteiger partial charge is 0.407 e. The molecule has 5 nitrogen and oxygen atoms in total. The van der Waals surface area contributed by atoms with Crippen molar-refractivity contribution in [1.82, 2.24) is 5.32 Å². The number of rotatable bonds is 35. The standard InChI is InChI=1S/C42H85NO4/c1-8-10-12-14-16-18-20-21-22-23-24-26-28-30-32-35-39(34-31-29-27-25-19-17-15-13-11-9-2)47-40(44)43-36-33-37-45-42(6,7)38-46-41(3,4)5/h39H,8-38H2,1-7H3,(H,43,44). The molecule has 0 aliphatic rings. The van der Waals surface area contributed by atoms with Crippen LogP contribution in [0.2, 0.25) is 0 Å². The van der Waals surface area contributed by atoms with Crippen molar-refractivity contribution in [1.29, 1.82) is 0 Å². The average molecular weight is 668 g/mol. The van der Waals surface area contributed by atoms with Crippen LogP contribution < -0.4 is 5.32 Å². The van der Waals surface area contributed by atoms with Crippen molar-refractivity contribution in [3.05, 3.63) is 0 Å². The lowest BCUT2D eigenvalue weighted by Gasteiger charge is -2.30. The van der Waals surface area contributed by atoms with Crippen molar-refractivity contribution in [3.8, 4) is 0 Å². The molecule has 0 saturated heterocycles. The SMILES string of the molecule is CCCCCCCCCCCCCCCCCC(CCCCCCCCCCCC)OC(=O)NCCCOC(C)(C)COC(C)(C)C. The minimum absolute atomic E-state index is 0.0377. The van der Waals surface area contributed by atoms with Crippen LogP contribution in [0.5, 0.6) is 0 Å². The van der Waals surface area contributed by atoms with Crippen LogP contribution in [0.15, 0.2) is 0 Å². The Labute approximate surface area is 295 Å². The summed E-state index contributed by atoms with van der Waals surface area (Å²) in [6.45, 7) is 16.6. The van der Waals surface area contributed by atoms with Gasteiger partial charge in [-0.25, -0.2) is 4.79 Å². The number of carbonyl (C=O) groups excluding carboxylic acids is 1. The molecule has 282 valence electrons. The topological polar surface area (TPSA) is 56.8 Å². The predicted octanol–water partition coefficient (Wildman–Crippen LogP) is 13.7. The maximum absolute atomic E-state index is 12.7. The van der Waals surface area contributed by atoms with Gasteiger partial charge in [-0.15, -0.1) is 0 Å². The first kappa shape index (κ1) is 46.2. The van der Waals surface area contributed by atoms with Gasteiger partial charge in [0.25, 0.3) is 0 Å². The van der Waals surface area contributed by atoms with E-state index in [1.807, 2.05) is 0 Å². The van der Waals surface area contributed by atoms with Gasteiger partial charge in [0.05, 0.1) is 17.8 Å². The van der Waals surface area contributed by atoms with Crippen molar-refractivity contribution in [3.63, 3.8) is 0 Å². The quantitative estimate of drug-likeness (QED) is 0.0683. The fraction of sp³-hybridized carbons (Fsp3) is 0.976. The largest absolute Gasteiger partial charge is 0.446 e. The summed E-state index contributed by atoms with van der Waals surface area (Å²) in [5.74, 6) is 0. The lowest BCUT2D eigenvalue weighted by Crippen LogP contribution is -2.36. The van der Waals surface area contributed by atoms with Crippen molar-refractivity contribution < 1.29 is 19.0 Å². The van der Waals surface area contributed by atoms with Crippen molar-refractivity contribution in [2.45, 2.75) is 246 Å². The zero-order valence-corrected chi connectivity index (χ0v) is 33.1. The second-order valence-corrected chi connectivity index (χ2v) is 16.0. The molecule has 0 radical (unpaired) electrons. The molecule has 1 unspecified atom stereocenters. The van der Waals surface area contributed by atoms with E-state index in [2.05, 4.69) is 53.8 Å². The summed E-state index contributed by atoms with van der Waals surface area (Å²) in [5.41, 5.74) is -0.524. The van der Waals surface area contributed by atoms with Crippen LogP contribution in [-0.4, -0.2) is 43.2 Å². The fourth-order valence-corrected chi connectivity index (χ4v) is 6.10. The first-order valence-electron chi connectivity index (χ1n) is 20.8. The molecular formula is C42H85NO4. The third-order valence-electron chi connectivity index (χ3n) is 9.22. The number of hydrogen-bond acceptors (Lipinski definition) is 4. The Kier molecular flexibility index (Phi) is 31.8. The Morgan fingerprint density at radius 3 is 1.23 bits per heavy atom. The highest BCUT2D eigenvalue weighted by Crippen LogP contribution is 2.19. The summed E-state index contributed by atoms with van der Waals surface area (Å²) < 4.78 is 17.9. The Morgan fingerprint density at radius 1 is 0.511 bits per heavy atom. The molecule has 0 saturated carbocycles. The number of amides is 1. The molecule has 0 bridgehead atoms. The van der Waals surface area contributed by atoms with Crippen molar-refractivity contribution in [2.75, 3.05) is 19.8 Å². The molecule has 0 aliphatic carbocycles. The second kappa shape index (κ2) is 32.4. The molecule has 0 aromatic rings. The summed E-state index contributed by atoms with van der Waals surface area (Å²) in [5, 5.41) is 2.98. The molecule has 0 aromatic heterocycles. The van der Waals surface area contributed by atoms with E-state index < -0.39 is 0 Å². The molecule has 5 heteroatoms. The molecule has 0 heterocycles. The predicted molar refractivity (Wildman–Crippen MR) is 205 cm³/mol. The van der Waals surface area contributed by atoms with Gasteiger partial charge in [-0.2, -0.15) is 0 Å². The minimum Gasteiger partial charge on any atom is -0.446 e. The maximum atomic E-state index is 12.7. The van der Waals surface area contributed by atoms with Gasteiger partial charge >= 0.3 is 6.09 Å². The van der Waals surface area contributed by atoms with Crippen LogP contribution >= 0.6 is 0 Å². The Balaban J connectivity index is 4.21. The number of hydrogen-bond donors (Lipinski definition) is 1. The van der Waals surface area contributed by atoms with E-state index in [9.17, 15) is 4.79 Å². The van der Waals surface area contributed by atoms with E-state index in [1.165, 1.54) is 148 Å². The van der Waals surface area contributed by atoms with E-state index in [1.54, 1.807) is 0 Å². The molecule has 1 N–H and O–H groups in total. The highest BCUT2D eigenvalue weighted by molar-refractivity contribution is 5.67. The zero-order chi connectivity index (χ0) is 34.9. The molecule has 0 aliphatic heterocycles. The molecule has 0 spiro atoms. The Hall–Kier alpha value is -0.810. The first-order chi connectivity index (χ1) is 22.6. The van der Waals surface area contributed by atoms with Crippen LogP contribution in [-0.2, 0) is 14.2 Å². The number of ether oxygens (including phenoxy) is 3. The van der Waals surface area contributed by atoms with Gasteiger partial charge in [0.2, 0.25) is 0 Å². The molecule has 0 rings (SSSR count). The average Bonchev–Trinajstić information content (AvgIpc) is 3.02. The van der Waals surface area contributed by atoms with Crippen LogP contribution in [0.25, 0.3) is 0 Å². The molecular weight excluding hydrogens is 582 g/mol. The van der Waals surface area contributed by atoms with Crippen molar-refractivity contribution in [2.24, 2.45) is 0 Å². The van der Waals surface area contributed by atoms with Gasteiger partial charge in [-0.3, -0.25) is 0 Å². The highest BCUT2D eigenvalue weighted by Gasteiger charge is 2.22. The van der Waals surface area contributed by atoms with E-state index in [0.717, 1.165) is 32.1 Å². The van der Waals surface area contributed by atoms with Gasteiger partial charge in [0, 0.05) is 13.2 Å². The lowest BCUT2D eigenvalue weighted by atomic mass is 10.0. The van der Waals surface area contributed by atoms with Crippen LogP contribution in [0.3, 0.4) is 0 Å². The highest BCUT2D eigenvalue weighted by atomic mass is 16.6. The summed E-state index contributed by atoms with van der Waals surface area (Å²) >= 11 is 0. The molecule has 1 amide bonds. The van der Waals surface area contributed by atoms with Crippen LogP contribution in [0, 0.1) is 0 Å². The van der Waals surface area contributed by atoms with Gasteiger partial charge in [-0.05, 0) is 66.7 Å². The summed E-state index contributed by atoms with van der Waals surface area (Å²) in [6, 6.07) is 0. The molecule has 47 heavy (non-hydrogen) atoms. The van der Waals surface area contributed by atoms with Crippen LogP contribution in [0.1, 0.15) is 228 Å². The molecule has 1 atom stereocenters. The van der Waals surface area contributed by atoms with Gasteiger partial charge < -0.3 is 19.5 Å². The third-order valence-corrected chi connectivity index (χ3v) is 9.22. The number of unbranched alkanes of at least 4 members (excludes halogenated alkanes) is 23. The normalized spacial score (nSPS) is 12.8. The lowest BCUT2D eigenvalue weighted by molar-refractivity contribution is -0.114. The summed E-state index contributed by atoms with van der Waals surface area (Å²) in [6.07, 6.45) is 36.4. The van der Waals surface area contributed by atoms with E-state index in [0.29, 0.717) is 19.8 Å². The minimum atomic E-state index is -0.346. The van der Waals surface area contributed by atoms with Gasteiger partial charge in [0.15, 0.2) is 0 Å². The third kappa shape index (κ3) is 36.3. The molecule has 0 fully saturated rings. The number of nitrogens with one attached hydrogen (secondary N) is 1. The van der Waals surface area contributed by atoms with E-state index in [-0.39, 0.29) is 23.4 Å².